The van der Waals surface area contributed by atoms with Crippen LogP contribution in [-0.4, -0.2) is 46.2 Å². The molecule has 1 aliphatic rings. The number of halogens is 2. The molecule has 0 aliphatic carbocycles. The number of aromatic nitrogens is 3. The lowest BCUT2D eigenvalue weighted by atomic mass is 9.78. The van der Waals surface area contributed by atoms with Gasteiger partial charge in [-0.2, -0.15) is 0 Å². The summed E-state index contributed by atoms with van der Waals surface area (Å²) in [4.78, 5) is 30.9. The fourth-order valence-corrected chi connectivity index (χ4v) is 6.40. The summed E-state index contributed by atoms with van der Waals surface area (Å²) >= 11 is 0. The molecule has 1 unspecified atom stereocenters. The van der Waals surface area contributed by atoms with Crippen molar-refractivity contribution in [1.82, 2.24) is 14.1 Å². The van der Waals surface area contributed by atoms with Gasteiger partial charge in [-0.15, -0.1) is 0 Å². The summed E-state index contributed by atoms with van der Waals surface area (Å²) in [6, 6.07) is 4.82. The van der Waals surface area contributed by atoms with Crippen LogP contribution in [0, 0.1) is 11.2 Å². The third kappa shape index (κ3) is 5.07. The minimum absolute atomic E-state index is 0.0493. The van der Waals surface area contributed by atoms with Crippen LogP contribution in [0.5, 0.6) is 5.75 Å². The third-order valence-electron chi connectivity index (χ3n) is 6.63. The standard InChI is InChI=1S/C25H29F2N3O5S/c1-15(2)29-21-11-17(22(31)13-25(4)7-9-36(33,34)10-8-25)14-28-23(21)30(24(29)32)20-12-18(35-16(3)26)5-6-19(20)27/h5-6,11-12,14-16H,7-10,13H2,1-4H3. The fourth-order valence-electron chi connectivity index (χ4n) is 4.59. The molecule has 0 spiro atoms. The third-order valence-corrected chi connectivity index (χ3v) is 8.28. The maximum Gasteiger partial charge on any atom is 0.335 e. The lowest BCUT2D eigenvalue weighted by Gasteiger charge is -2.32. The highest BCUT2D eigenvalue weighted by molar-refractivity contribution is 7.91. The summed E-state index contributed by atoms with van der Waals surface area (Å²) in [6.45, 7) is 6.66. The molecule has 36 heavy (non-hydrogen) atoms. The van der Waals surface area contributed by atoms with E-state index < -0.39 is 33.1 Å². The van der Waals surface area contributed by atoms with E-state index in [9.17, 15) is 26.8 Å². The molecule has 0 saturated carbocycles. The Hall–Kier alpha value is -3.08. The molecule has 1 aromatic carbocycles. The number of ketones is 1. The summed E-state index contributed by atoms with van der Waals surface area (Å²) in [5, 5.41) is 0. The van der Waals surface area contributed by atoms with Crippen molar-refractivity contribution in [3.05, 3.63) is 52.3 Å². The van der Waals surface area contributed by atoms with Crippen LogP contribution in [0.3, 0.4) is 0 Å². The van der Waals surface area contributed by atoms with E-state index in [1.165, 1.54) is 29.8 Å². The Bertz CT molecular complexity index is 1480. The molecule has 1 fully saturated rings. The monoisotopic (exact) mass is 521 g/mol. The molecule has 2 aromatic heterocycles. The van der Waals surface area contributed by atoms with Gasteiger partial charge in [0.15, 0.2) is 11.4 Å². The summed E-state index contributed by atoms with van der Waals surface area (Å²) in [5.41, 5.74) is -0.382. The van der Waals surface area contributed by atoms with Gasteiger partial charge in [0, 0.05) is 37.2 Å². The minimum atomic E-state index is -3.06. The van der Waals surface area contributed by atoms with Crippen LogP contribution < -0.4 is 10.4 Å². The SMILES string of the molecule is CC(F)Oc1ccc(F)c(-n2c(=O)n(C(C)C)c3cc(C(=O)CC4(C)CCS(=O)(=O)CC4)cnc32)c1. The number of hydrogen-bond donors (Lipinski definition) is 0. The van der Waals surface area contributed by atoms with Crippen LogP contribution in [0.15, 0.2) is 35.3 Å². The molecule has 0 amide bonds. The molecule has 4 rings (SSSR count). The number of benzene rings is 1. The predicted octanol–water partition coefficient (Wildman–Crippen LogP) is 4.39. The van der Waals surface area contributed by atoms with Crippen molar-refractivity contribution in [2.45, 2.75) is 59.4 Å². The maximum atomic E-state index is 14.8. The molecule has 3 aromatic rings. The summed E-state index contributed by atoms with van der Waals surface area (Å²) < 4.78 is 59.3. The van der Waals surface area contributed by atoms with Crippen molar-refractivity contribution in [1.29, 1.82) is 0 Å². The van der Waals surface area contributed by atoms with Crippen molar-refractivity contribution in [3.63, 3.8) is 0 Å². The van der Waals surface area contributed by atoms with Gasteiger partial charge in [0.05, 0.1) is 22.7 Å². The van der Waals surface area contributed by atoms with Gasteiger partial charge in [-0.25, -0.2) is 31.5 Å². The van der Waals surface area contributed by atoms with Gasteiger partial charge >= 0.3 is 5.69 Å². The smallest absolute Gasteiger partial charge is 0.335 e. The molecule has 1 atom stereocenters. The largest absolute Gasteiger partial charge is 0.461 e. The lowest BCUT2D eigenvalue weighted by Crippen LogP contribution is -2.33. The van der Waals surface area contributed by atoms with Gasteiger partial charge in [0.2, 0.25) is 6.36 Å². The number of hydrogen-bond acceptors (Lipinski definition) is 6. The molecule has 1 aliphatic heterocycles. The number of carbonyl (C=O) groups excluding carboxylic acids is 1. The van der Waals surface area contributed by atoms with Gasteiger partial charge < -0.3 is 4.74 Å². The Labute approximate surface area is 207 Å². The maximum absolute atomic E-state index is 14.8. The molecular formula is C25H29F2N3O5S. The van der Waals surface area contributed by atoms with Crippen molar-refractivity contribution < 1.29 is 26.7 Å². The van der Waals surface area contributed by atoms with Crippen molar-refractivity contribution in [3.8, 4) is 11.4 Å². The first-order valence-corrected chi connectivity index (χ1v) is 13.6. The Morgan fingerprint density at radius 1 is 1.19 bits per heavy atom. The second-order valence-corrected chi connectivity index (χ2v) is 12.3. The van der Waals surface area contributed by atoms with E-state index in [0.717, 1.165) is 10.6 Å². The first-order valence-electron chi connectivity index (χ1n) is 11.8. The molecule has 194 valence electrons. The number of alkyl halides is 1. The normalized spacial score (nSPS) is 17.9. The molecule has 1 saturated heterocycles. The first kappa shape index (κ1) is 26.0. The Morgan fingerprint density at radius 2 is 1.86 bits per heavy atom. The van der Waals surface area contributed by atoms with Crippen LogP contribution in [0.4, 0.5) is 8.78 Å². The van der Waals surface area contributed by atoms with Gasteiger partial charge in [-0.05, 0) is 50.3 Å². The zero-order valence-corrected chi connectivity index (χ0v) is 21.4. The molecule has 0 radical (unpaired) electrons. The number of pyridine rings is 1. The molecule has 0 bridgehead atoms. The Morgan fingerprint density at radius 3 is 2.47 bits per heavy atom. The lowest BCUT2D eigenvalue weighted by molar-refractivity contribution is 0.0859. The van der Waals surface area contributed by atoms with Gasteiger partial charge in [0.25, 0.3) is 0 Å². The number of Topliss-reactive ketones (excluding diaryl/α,β-unsaturated/α-hetero) is 1. The van der Waals surface area contributed by atoms with E-state index in [1.54, 1.807) is 19.9 Å². The zero-order valence-electron chi connectivity index (χ0n) is 20.6. The van der Waals surface area contributed by atoms with Crippen LogP contribution in [0.1, 0.15) is 63.4 Å². The Balaban J connectivity index is 1.77. The zero-order chi connectivity index (χ0) is 26.4. The van der Waals surface area contributed by atoms with Gasteiger partial charge in [-0.1, -0.05) is 6.92 Å². The van der Waals surface area contributed by atoms with Crippen molar-refractivity contribution in [2.24, 2.45) is 5.41 Å². The van der Waals surface area contributed by atoms with E-state index in [0.29, 0.717) is 18.4 Å². The summed E-state index contributed by atoms with van der Waals surface area (Å²) in [5.74, 6) is -0.770. The molecule has 0 N–H and O–H groups in total. The first-order chi connectivity index (χ1) is 16.8. The number of ether oxygens (including phenoxy) is 1. The van der Waals surface area contributed by atoms with Crippen LogP contribution in [-0.2, 0) is 9.84 Å². The second kappa shape index (κ2) is 9.42. The summed E-state index contributed by atoms with van der Waals surface area (Å²) in [6.07, 6.45) is 0.668. The minimum Gasteiger partial charge on any atom is -0.461 e. The number of imidazole rings is 1. The Kier molecular flexibility index (Phi) is 6.80. The van der Waals surface area contributed by atoms with Crippen molar-refractivity contribution in [2.75, 3.05) is 11.5 Å². The van der Waals surface area contributed by atoms with Crippen LogP contribution >= 0.6 is 0 Å². The van der Waals surface area contributed by atoms with E-state index in [-0.39, 0.29) is 52.4 Å². The topological polar surface area (TPSA) is 100 Å². The number of rotatable bonds is 7. The number of nitrogens with zero attached hydrogens (tertiary/aromatic N) is 3. The highest BCUT2D eigenvalue weighted by Gasteiger charge is 2.35. The van der Waals surface area contributed by atoms with Crippen LogP contribution in [0.2, 0.25) is 0 Å². The average molecular weight is 522 g/mol. The predicted molar refractivity (Wildman–Crippen MR) is 132 cm³/mol. The van der Waals surface area contributed by atoms with Gasteiger partial charge in [0.1, 0.15) is 21.4 Å². The quantitative estimate of drug-likeness (QED) is 0.428. The van der Waals surface area contributed by atoms with E-state index >= 15 is 0 Å². The van der Waals surface area contributed by atoms with E-state index in [2.05, 4.69) is 4.98 Å². The van der Waals surface area contributed by atoms with E-state index in [4.69, 9.17) is 4.74 Å². The van der Waals surface area contributed by atoms with E-state index in [1.807, 2.05) is 6.92 Å². The fraction of sp³-hybridized carbons (Fsp3) is 0.480. The number of sulfone groups is 1. The molecule has 8 nitrogen and oxygen atoms in total. The molecule has 3 heterocycles. The molecular weight excluding hydrogens is 492 g/mol. The summed E-state index contributed by atoms with van der Waals surface area (Å²) in [7, 11) is -3.06. The number of fused-ring (bicyclic) bond motifs is 1. The van der Waals surface area contributed by atoms with Crippen LogP contribution in [0.25, 0.3) is 16.9 Å². The number of carbonyl (C=O) groups is 1. The van der Waals surface area contributed by atoms with Crippen molar-refractivity contribution >= 4 is 26.8 Å². The molecule has 11 heteroatoms. The second-order valence-electron chi connectivity index (χ2n) is 9.98. The average Bonchev–Trinajstić information content (AvgIpc) is 3.08. The highest BCUT2D eigenvalue weighted by atomic mass is 32.2. The highest BCUT2D eigenvalue weighted by Crippen LogP contribution is 2.36. The van der Waals surface area contributed by atoms with Gasteiger partial charge in [-0.3, -0.25) is 9.36 Å².